The molecule has 0 fully saturated rings. The van der Waals surface area contributed by atoms with Crippen LogP contribution in [0.1, 0.15) is 29.3 Å². The molecule has 0 aromatic carbocycles. The van der Waals surface area contributed by atoms with Gasteiger partial charge in [0.05, 0.1) is 24.6 Å². The van der Waals surface area contributed by atoms with Gasteiger partial charge in [-0.2, -0.15) is 5.26 Å². The lowest BCUT2D eigenvalue weighted by Crippen LogP contribution is -2.23. The number of imidazole rings is 1. The molecule has 0 aliphatic carbocycles. The van der Waals surface area contributed by atoms with Crippen molar-refractivity contribution >= 4 is 5.78 Å². The molecule has 3 aromatic heterocycles. The molecule has 0 saturated heterocycles. The molecule has 6 nitrogen and oxygen atoms in total. The standard InChI is InChI=1S/C17H19N5O/c1-13-9-14(2)22-11-15(20-17(22)19-13)10-21(7-4-6-18)12-16-5-3-8-23-16/h3,5,8-9,11H,4,7,10,12H2,1-2H3. The first kappa shape index (κ1) is 15.3. The highest BCUT2D eigenvalue weighted by Crippen LogP contribution is 2.13. The van der Waals surface area contributed by atoms with Crippen molar-refractivity contribution < 1.29 is 4.42 Å². The fourth-order valence-corrected chi connectivity index (χ4v) is 2.67. The Kier molecular flexibility index (Phi) is 4.40. The smallest absolute Gasteiger partial charge is 0.234 e. The van der Waals surface area contributed by atoms with Crippen LogP contribution in [0.3, 0.4) is 0 Å². The minimum atomic E-state index is 0.477. The lowest BCUT2D eigenvalue weighted by Gasteiger charge is -2.18. The third-order valence-electron chi connectivity index (χ3n) is 3.70. The second-order valence-corrected chi connectivity index (χ2v) is 5.64. The van der Waals surface area contributed by atoms with Crippen LogP contribution in [0.4, 0.5) is 0 Å². The fourth-order valence-electron chi connectivity index (χ4n) is 2.67. The van der Waals surface area contributed by atoms with Crippen LogP contribution < -0.4 is 0 Å². The van der Waals surface area contributed by atoms with Crippen molar-refractivity contribution in [3.8, 4) is 6.07 Å². The van der Waals surface area contributed by atoms with Crippen LogP contribution in [0.15, 0.2) is 35.1 Å². The molecule has 3 rings (SSSR count). The van der Waals surface area contributed by atoms with Crippen LogP contribution in [0.25, 0.3) is 5.78 Å². The van der Waals surface area contributed by atoms with Gasteiger partial charge in [-0.15, -0.1) is 0 Å². The van der Waals surface area contributed by atoms with Crippen LogP contribution in [-0.2, 0) is 13.1 Å². The first-order valence-corrected chi connectivity index (χ1v) is 7.59. The van der Waals surface area contributed by atoms with Crippen LogP contribution in [0, 0.1) is 25.2 Å². The summed E-state index contributed by atoms with van der Waals surface area (Å²) in [6, 6.07) is 8.05. The number of nitriles is 1. The van der Waals surface area contributed by atoms with Crippen molar-refractivity contribution in [2.45, 2.75) is 33.4 Å². The van der Waals surface area contributed by atoms with Crippen LogP contribution in [0.5, 0.6) is 0 Å². The predicted molar refractivity (Wildman–Crippen MR) is 85.5 cm³/mol. The maximum Gasteiger partial charge on any atom is 0.234 e. The normalized spacial score (nSPS) is 11.2. The van der Waals surface area contributed by atoms with Gasteiger partial charge in [0.2, 0.25) is 5.78 Å². The fraction of sp³-hybridized carbons (Fsp3) is 0.353. The average Bonchev–Trinajstić information content (AvgIpc) is 3.14. The van der Waals surface area contributed by atoms with E-state index in [4.69, 9.17) is 9.68 Å². The van der Waals surface area contributed by atoms with E-state index in [-0.39, 0.29) is 0 Å². The molecule has 0 aliphatic rings. The molecule has 0 spiro atoms. The molecule has 0 N–H and O–H groups in total. The van der Waals surface area contributed by atoms with Gasteiger partial charge in [-0.1, -0.05) is 0 Å². The zero-order valence-corrected chi connectivity index (χ0v) is 13.4. The lowest BCUT2D eigenvalue weighted by molar-refractivity contribution is 0.238. The Morgan fingerprint density at radius 3 is 2.91 bits per heavy atom. The molecule has 0 saturated carbocycles. The Labute approximate surface area is 135 Å². The molecule has 0 amide bonds. The van der Waals surface area contributed by atoms with Crippen LogP contribution in [0.2, 0.25) is 0 Å². The van der Waals surface area contributed by atoms with Crippen LogP contribution >= 0.6 is 0 Å². The van der Waals surface area contributed by atoms with E-state index in [1.54, 1.807) is 6.26 Å². The number of aromatic nitrogens is 3. The quantitative estimate of drug-likeness (QED) is 0.700. The van der Waals surface area contributed by atoms with E-state index in [2.05, 4.69) is 20.9 Å². The monoisotopic (exact) mass is 309 g/mol. The summed E-state index contributed by atoms with van der Waals surface area (Å²) in [4.78, 5) is 11.2. The van der Waals surface area contributed by atoms with Gasteiger partial charge < -0.3 is 4.42 Å². The van der Waals surface area contributed by atoms with Crippen molar-refractivity contribution in [3.05, 3.63) is 53.5 Å². The Bertz CT molecular complexity index is 829. The summed E-state index contributed by atoms with van der Waals surface area (Å²) in [6.07, 6.45) is 4.15. The highest BCUT2D eigenvalue weighted by atomic mass is 16.3. The summed E-state index contributed by atoms with van der Waals surface area (Å²) in [7, 11) is 0. The molecule has 0 aliphatic heterocycles. The van der Waals surface area contributed by atoms with Gasteiger partial charge in [0.1, 0.15) is 5.76 Å². The van der Waals surface area contributed by atoms with Gasteiger partial charge >= 0.3 is 0 Å². The third-order valence-corrected chi connectivity index (χ3v) is 3.70. The lowest BCUT2D eigenvalue weighted by atomic mass is 10.3. The van der Waals surface area contributed by atoms with Gasteiger partial charge in [0.15, 0.2) is 0 Å². The Morgan fingerprint density at radius 2 is 2.17 bits per heavy atom. The van der Waals surface area contributed by atoms with E-state index in [9.17, 15) is 0 Å². The first-order chi connectivity index (χ1) is 11.2. The van der Waals surface area contributed by atoms with E-state index in [0.717, 1.165) is 28.6 Å². The second-order valence-electron chi connectivity index (χ2n) is 5.64. The Hall–Kier alpha value is -2.65. The third kappa shape index (κ3) is 3.58. The molecule has 3 heterocycles. The summed E-state index contributed by atoms with van der Waals surface area (Å²) in [5, 5.41) is 8.86. The highest BCUT2D eigenvalue weighted by molar-refractivity contribution is 5.34. The minimum Gasteiger partial charge on any atom is -0.468 e. The molecule has 0 bridgehead atoms. The highest BCUT2D eigenvalue weighted by Gasteiger charge is 2.12. The van der Waals surface area contributed by atoms with Crippen molar-refractivity contribution in [2.24, 2.45) is 0 Å². The zero-order valence-electron chi connectivity index (χ0n) is 13.4. The van der Waals surface area contributed by atoms with Gasteiger partial charge in [0.25, 0.3) is 0 Å². The van der Waals surface area contributed by atoms with Crippen molar-refractivity contribution in [1.82, 2.24) is 19.3 Å². The van der Waals surface area contributed by atoms with E-state index in [0.29, 0.717) is 26.1 Å². The molecule has 3 aromatic rings. The number of hydrogen-bond donors (Lipinski definition) is 0. The Morgan fingerprint density at radius 1 is 1.30 bits per heavy atom. The van der Waals surface area contributed by atoms with Gasteiger partial charge in [-0.3, -0.25) is 9.30 Å². The minimum absolute atomic E-state index is 0.477. The largest absolute Gasteiger partial charge is 0.468 e. The van der Waals surface area contributed by atoms with Gasteiger partial charge in [-0.05, 0) is 32.0 Å². The molecule has 0 radical (unpaired) electrons. The molecule has 0 atom stereocenters. The van der Waals surface area contributed by atoms with Gasteiger partial charge in [0, 0.05) is 37.1 Å². The molecule has 23 heavy (non-hydrogen) atoms. The number of rotatable bonds is 6. The maximum absolute atomic E-state index is 8.86. The average molecular weight is 309 g/mol. The van der Waals surface area contributed by atoms with Gasteiger partial charge in [-0.25, -0.2) is 9.97 Å². The molecule has 118 valence electrons. The van der Waals surface area contributed by atoms with E-state index < -0.39 is 0 Å². The van der Waals surface area contributed by atoms with Crippen molar-refractivity contribution in [3.63, 3.8) is 0 Å². The van der Waals surface area contributed by atoms with Crippen molar-refractivity contribution in [2.75, 3.05) is 6.54 Å². The SMILES string of the molecule is Cc1cc(C)n2cc(CN(CCC#N)Cc3ccco3)nc2n1. The number of aryl methyl sites for hydroxylation is 2. The summed E-state index contributed by atoms with van der Waals surface area (Å²) < 4.78 is 7.41. The molecular formula is C17H19N5O. The molecular weight excluding hydrogens is 290 g/mol. The topological polar surface area (TPSA) is 70.4 Å². The Balaban J connectivity index is 1.81. The summed E-state index contributed by atoms with van der Waals surface area (Å²) in [6.45, 7) is 6.01. The first-order valence-electron chi connectivity index (χ1n) is 7.59. The number of hydrogen-bond acceptors (Lipinski definition) is 5. The van der Waals surface area contributed by atoms with E-state index in [1.165, 1.54) is 0 Å². The molecule has 6 heteroatoms. The second kappa shape index (κ2) is 6.63. The number of furan rings is 1. The summed E-state index contributed by atoms with van der Waals surface area (Å²) in [5.41, 5.74) is 3.01. The summed E-state index contributed by atoms with van der Waals surface area (Å²) in [5.74, 6) is 1.60. The molecule has 0 unspecified atom stereocenters. The van der Waals surface area contributed by atoms with Crippen molar-refractivity contribution in [1.29, 1.82) is 5.26 Å². The predicted octanol–water partition coefficient (Wildman–Crippen LogP) is 2.86. The summed E-state index contributed by atoms with van der Waals surface area (Å²) >= 11 is 0. The maximum atomic E-state index is 8.86. The van der Waals surface area contributed by atoms with Crippen LogP contribution in [-0.4, -0.2) is 25.8 Å². The van der Waals surface area contributed by atoms with E-state index >= 15 is 0 Å². The number of nitrogens with zero attached hydrogens (tertiary/aromatic N) is 5. The number of fused-ring (bicyclic) bond motifs is 1. The zero-order chi connectivity index (χ0) is 16.2. The van der Waals surface area contributed by atoms with E-state index in [1.807, 2.05) is 42.6 Å².